The Kier molecular flexibility index (Phi) is 5.88. The van der Waals surface area contributed by atoms with Crippen LogP contribution in [0.3, 0.4) is 0 Å². The van der Waals surface area contributed by atoms with Gasteiger partial charge in [0, 0.05) is 35.0 Å². The van der Waals surface area contributed by atoms with Gasteiger partial charge in [0.1, 0.15) is 0 Å². The van der Waals surface area contributed by atoms with Crippen molar-refractivity contribution in [1.29, 1.82) is 0 Å². The van der Waals surface area contributed by atoms with Crippen molar-refractivity contribution in [3.63, 3.8) is 0 Å². The third kappa shape index (κ3) is 4.59. The van der Waals surface area contributed by atoms with Gasteiger partial charge in [-0.1, -0.05) is 0 Å². The highest BCUT2D eigenvalue weighted by molar-refractivity contribution is 7.84. The van der Waals surface area contributed by atoms with Crippen LogP contribution in [0, 0.1) is 6.92 Å². The van der Waals surface area contributed by atoms with Crippen molar-refractivity contribution in [3.8, 4) is 0 Å². The second-order valence-electron chi connectivity index (χ2n) is 4.10. The number of anilines is 1. The van der Waals surface area contributed by atoms with E-state index >= 15 is 0 Å². The molecule has 0 aliphatic heterocycles. The molecule has 106 valence electrons. The summed E-state index contributed by atoms with van der Waals surface area (Å²) in [5.74, 6) is -0.00238. The first-order valence-electron chi connectivity index (χ1n) is 6.02. The molecule has 1 heterocycles. The largest absolute Gasteiger partial charge is 0.462 e. The van der Waals surface area contributed by atoms with Gasteiger partial charge in [-0.05, 0) is 20.8 Å². The van der Waals surface area contributed by atoms with E-state index in [0.29, 0.717) is 30.4 Å². The van der Waals surface area contributed by atoms with Gasteiger partial charge in [0.15, 0.2) is 0 Å². The number of carbonyl (C=O) groups excluding carboxylic acids is 1. The summed E-state index contributed by atoms with van der Waals surface area (Å²) in [6, 6.07) is 0. The van der Waals surface area contributed by atoms with Gasteiger partial charge < -0.3 is 10.1 Å². The fraction of sp³-hybridized carbons (Fsp3) is 0.583. The van der Waals surface area contributed by atoms with Crippen LogP contribution >= 0.6 is 0 Å². The summed E-state index contributed by atoms with van der Waals surface area (Å²) in [5, 5.41) is 3.01. The fourth-order valence-electron chi connectivity index (χ4n) is 1.31. The number of rotatable bonds is 6. The highest BCUT2D eigenvalue weighted by Crippen LogP contribution is 2.09. The summed E-state index contributed by atoms with van der Waals surface area (Å²) in [7, 11) is -0.896. The van der Waals surface area contributed by atoms with E-state index in [2.05, 4.69) is 15.3 Å². The molecule has 2 atom stereocenters. The molecule has 0 aromatic carbocycles. The third-order valence-corrected chi connectivity index (χ3v) is 3.89. The van der Waals surface area contributed by atoms with Gasteiger partial charge in [-0.3, -0.25) is 4.21 Å². The van der Waals surface area contributed by atoms with Crippen molar-refractivity contribution in [2.24, 2.45) is 0 Å². The Bertz CT molecular complexity index is 479. The highest BCUT2D eigenvalue weighted by atomic mass is 32.2. The number of nitrogens with zero attached hydrogens (tertiary/aromatic N) is 2. The second kappa shape index (κ2) is 7.18. The Hall–Kier alpha value is -1.50. The molecule has 0 saturated heterocycles. The maximum absolute atomic E-state index is 11.6. The van der Waals surface area contributed by atoms with Crippen LogP contribution in [0.5, 0.6) is 0 Å². The number of hydrogen-bond acceptors (Lipinski definition) is 6. The molecule has 1 aromatic rings. The average Bonchev–Trinajstić information content (AvgIpc) is 2.36. The number of aryl methyl sites for hydroxylation is 1. The molecular formula is C12H19N3O3S. The molecule has 1 aromatic heterocycles. The molecule has 19 heavy (non-hydrogen) atoms. The van der Waals surface area contributed by atoms with E-state index in [1.54, 1.807) is 20.1 Å². The number of esters is 1. The van der Waals surface area contributed by atoms with Crippen LogP contribution in [0.2, 0.25) is 0 Å². The molecule has 1 rings (SSSR count). The summed E-state index contributed by atoms with van der Waals surface area (Å²) in [6.45, 7) is 6.18. The van der Waals surface area contributed by atoms with E-state index in [-0.39, 0.29) is 5.25 Å². The van der Waals surface area contributed by atoms with E-state index < -0.39 is 16.8 Å². The van der Waals surface area contributed by atoms with Crippen LogP contribution in [0.25, 0.3) is 0 Å². The number of nitrogens with one attached hydrogen (secondary N) is 1. The minimum absolute atomic E-state index is 0.00800. The Morgan fingerprint density at radius 1 is 1.58 bits per heavy atom. The first kappa shape index (κ1) is 15.6. The van der Waals surface area contributed by atoms with E-state index in [0.717, 1.165) is 0 Å². The maximum Gasteiger partial charge on any atom is 0.341 e. The topological polar surface area (TPSA) is 81.2 Å². The van der Waals surface area contributed by atoms with E-state index in [9.17, 15) is 9.00 Å². The van der Waals surface area contributed by atoms with Crippen molar-refractivity contribution in [2.75, 3.05) is 24.7 Å². The molecule has 7 heteroatoms. The Labute approximate surface area is 115 Å². The first-order valence-corrected chi connectivity index (χ1v) is 7.64. The standard InChI is InChI=1S/C12H19N3O3S/c1-5-18-11(16)10-7-14-12(15-9(10)3)13-6-8(2)19(4)17/h7-8H,5-6H2,1-4H3,(H,13,14,15). The lowest BCUT2D eigenvalue weighted by atomic mass is 10.2. The van der Waals surface area contributed by atoms with Gasteiger partial charge >= 0.3 is 5.97 Å². The molecule has 0 fully saturated rings. The van der Waals surface area contributed by atoms with Crippen molar-refractivity contribution in [1.82, 2.24) is 9.97 Å². The lowest BCUT2D eigenvalue weighted by Crippen LogP contribution is -2.22. The lowest BCUT2D eigenvalue weighted by Gasteiger charge is -2.11. The van der Waals surface area contributed by atoms with Crippen molar-refractivity contribution in [2.45, 2.75) is 26.0 Å². The SMILES string of the molecule is CCOC(=O)c1cnc(NCC(C)S(C)=O)nc1C. The van der Waals surface area contributed by atoms with E-state index in [1.807, 2.05) is 6.92 Å². The number of ether oxygens (including phenoxy) is 1. The second-order valence-corrected chi connectivity index (χ2v) is 5.91. The third-order valence-electron chi connectivity index (χ3n) is 2.59. The van der Waals surface area contributed by atoms with Crippen LogP contribution in [0.1, 0.15) is 29.9 Å². The van der Waals surface area contributed by atoms with Crippen molar-refractivity contribution < 1.29 is 13.7 Å². The minimum atomic E-state index is -0.896. The van der Waals surface area contributed by atoms with Gasteiger partial charge in [-0.25, -0.2) is 14.8 Å². The smallest absolute Gasteiger partial charge is 0.341 e. The molecule has 6 nitrogen and oxygen atoms in total. The molecule has 0 spiro atoms. The van der Waals surface area contributed by atoms with Gasteiger partial charge in [-0.2, -0.15) is 0 Å². The van der Waals surface area contributed by atoms with Crippen LogP contribution in [0.15, 0.2) is 6.20 Å². The Balaban J connectivity index is 2.71. The summed E-state index contributed by atoms with van der Waals surface area (Å²) < 4.78 is 16.1. The fourth-order valence-corrected chi connectivity index (χ4v) is 1.63. The van der Waals surface area contributed by atoms with Crippen LogP contribution < -0.4 is 5.32 Å². The summed E-state index contributed by atoms with van der Waals surface area (Å²) in [6.07, 6.45) is 3.10. The van der Waals surface area contributed by atoms with Gasteiger partial charge in [0.05, 0.1) is 17.9 Å². The quantitative estimate of drug-likeness (QED) is 0.789. The molecule has 0 aliphatic rings. The maximum atomic E-state index is 11.6. The minimum Gasteiger partial charge on any atom is -0.462 e. The average molecular weight is 285 g/mol. The predicted octanol–water partition coefficient (Wildman–Crippen LogP) is 1.14. The van der Waals surface area contributed by atoms with Crippen molar-refractivity contribution >= 4 is 22.7 Å². The summed E-state index contributed by atoms with van der Waals surface area (Å²) in [4.78, 5) is 19.8. The lowest BCUT2D eigenvalue weighted by molar-refractivity contribution is 0.0524. The van der Waals surface area contributed by atoms with Crippen LogP contribution in [-0.4, -0.2) is 44.8 Å². The van der Waals surface area contributed by atoms with Crippen LogP contribution in [0.4, 0.5) is 5.95 Å². The van der Waals surface area contributed by atoms with Gasteiger partial charge in [-0.15, -0.1) is 0 Å². The zero-order valence-corrected chi connectivity index (χ0v) is 12.4. The normalized spacial score (nSPS) is 13.7. The molecule has 0 radical (unpaired) electrons. The van der Waals surface area contributed by atoms with E-state index in [4.69, 9.17) is 4.74 Å². The monoisotopic (exact) mass is 285 g/mol. The summed E-state index contributed by atoms with van der Waals surface area (Å²) in [5.41, 5.74) is 0.917. The molecular weight excluding hydrogens is 266 g/mol. The van der Waals surface area contributed by atoms with Crippen molar-refractivity contribution in [3.05, 3.63) is 17.5 Å². The van der Waals surface area contributed by atoms with E-state index in [1.165, 1.54) is 6.20 Å². The zero-order valence-electron chi connectivity index (χ0n) is 11.6. The molecule has 1 N–H and O–H groups in total. The molecule has 0 bridgehead atoms. The first-order chi connectivity index (χ1) is 8.95. The number of hydrogen-bond donors (Lipinski definition) is 1. The molecule has 0 amide bonds. The summed E-state index contributed by atoms with van der Waals surface area (Å²) >= 11 is 0. The Morgan fingerprint density at radius 3 is 2.79 bits per heavy atom. The number of aromatic nitrogens is 2. The Morgan fingerprint density at radius 2 is 2.26 bits per heavy atom. The van der Waals surface area contributed by atoms with Gasteiger partial charge in [0.25, 0.3) is 0 Å². The predicted molar refractivity (Wildman–Crippen MR) is 74.7 cm³/mol. The number of carbonyl (C=O) groups is 1. The van der Waals surface area contributed by atoms with Gasteiger partial charge in [0.2, 0.25) is 5.95 Å². The van der Waals surface area contributed by atoms with Crippen LogP contribution in [-0.2, 0) is 15.5 Å². The zero-order chi connectivity index (χ0) is 14.4. The molecule has 0 aliphatic carbocycles. The molecule has 2 unspecified atom stereocenters. The molecule has 0 saturated carbocycles. The highest BCUT2D eigenvalue weighted by Gasteiger charge is 2.13.